The maximum absolute atomic E-state index is 5.73. The monoisotopic (exact) mass is 226 g/mol. The highest BCUT2D eigenvalue weighted by atomic mass is 16.5. The number of hydrogen-bond donors (Lipinski definition) is 1. The molecular weight excluding hydrogens is 200 g/mol. The fourth-order valence-corrected chi connectivity index (χ4v) is 2.77. The van der Waals surface area contributed by atoms with Gasteiger partial charge < -0.3 is 9.64 Å². The Morgan fingerprint density at radius 1 is 1.19 bits per heavy atom. The molecular formula is C13H26N2O. The van der Waals surface area contributed by atoms with E-state index in [1.807, 2.05) is 0 Å². The maximum Gasteiger partial charge on any atom is 0.108 e. The largest absolute Gasteiger partial charge is 0.363 e. The average molecular weight is 226 g/mol. The lowest BCUT2D eigenvalue weighted by Gasteiger charge is -2.35. The van der Waals surface area contributed by atoms with Crippen LogP contribution in [0.2, 0.25) is 0 Å². The van der Waals surface area contributed by atoms with Gasteiger partial charge in [0.25, 0.3) is 0 Å². The van der Waals surface area contributed by atoms with Crippen LogP contribution >= 0.6 is 0 Å². The van der Waals surface area contributed by atoms with E-state index in [1.165, 1.54) is 58.2 Å². The minimum Gasteiger partial charge on any atom is -0.363 e. The van der Waals surface area contributed by atoms with E-state index in [9.17, 15) is 0 Å². The van der Waals surface area contributed by atoms with Crippen molar-refractivity contribution < 1.29 is 4.74 Å². The lowest BCUT2D eigenvalue weighted by Crippen LogP contribution is -2.47. The molecule has 2 aliphatic heterocycles. The quantitative estimate of drug-likeness (QED) is 0.793. The summed E-state index contributed by atoms with van der Waals surface area (Å²) in [5.74, 6) is 0. The molecule has 1 unspecified atom stereocenters. The van der Waals surface area contributed by atoms with Crippen molar-refractivity contribution in [3.8, 4) is 0 Å². The SMILES string of the molecule is CCCN1CCC(NC2CCCCO2)CC1. The molecule has 2 saturated heterocycles. The molecule has 0 aromatic carbocycles. The molecule has 0 aromatic rings. The minimum atomic E-state index is 0.344. The molecule has 0 aliphatic carbocycles. The van der Waals surface area contributed by atoms with E-state index < -0.39 is 0 Å². The van der Waals surface area contributed by atoms with E-state index in [0.717, 1.165) is 6.61 Å². The highest BCUT2D eigenvalue weighted by Gasteiger charge is 2.22. The Labute approximate surface area is 99.5 Å². The zero-order chi connectivity index (χ0) is 11.2. The molecule has 3 nitrogen and oxygen atoms in total. The fraction of sp³-hybridized carbons (Fsp3) is 1.00. The molecule has 0 spiro atoms. The number of ether oxygens (including phenoxy) is 1. The summed E-state index contributed by atoms with van der Waals surface area (Å²) in [6.45, 7) is 7.01. The first kappa shape index (κ1) is 12.3. The van der Waals surface area contributed by atoms with Crippen LogP contribution in [-0.2, 0) is 4.74 Å². The highest BCUT2D eigenvalue weighted by Crippen LogP contribution is 2.15. The summed E-state index contributed by atoms with van der Waals surface area (Å²) >= 11 is 0. The van der Waals surface area contributed by atoms with E-state index in [-0.39, 0.29) is 0 Å². The first-order chi connectivity index (χ1) is 7.88. The van der Waals surface area contributed by atoms with Crippen molar-refractivity contribution >= 4 is 0 Å². The van der Waals surface area contributed by atoms with Gasteiger partial charge in [0.2, 0.25) is 0 Å². The normalized spacial score (nSPS) is 29.4. The minimum absolute atomic E-state index is 0.344. The number of piperidine rings is 1. The zero-order valence-corrected chi connectivity index (χ0v) is 10.6. The van der Waals surface area contributed by atoms with Crippen LogP contribution in [0.4, 0.5) is 0 Å². The van der Waals surface area contributed by atoms with Crippen LogP contribution in [0.1, 0.15) is 45.4 Å². The molecule has 2 heterocycles. The molecule has 0 aromatic heterocycles. The Kier molecular flexibility index (Phi) is 5.07. The molecule has 0 amide bonds. The zero-order valence-electron chi connectivity index (χ0n) is 10.6. The predicted molar refractivity (Wildman–Crippen MR) is 66.5 cm³/mol. The summed E-state index contributed by atoms with van der Waals surface area (Å²) in [7, 11) is 0. The molecule has 94 valence electrons. The topological polar surface area (TPSA) is 24.5 Å². The summed E-state index contributed by atoms with van der Waals surface area (Å²) in [5, 5.41) is 3.67. The third kappa shape index (κ3) is 3.72. The fourth-order valence-electron chi connectivity index (χ4n) is 2.77. The van der Waals surface area contributed by atoms with Crippen molar-refractivity contribution in [1.29, 1.82) is 0 Å². The first-order valence-electron chi connectivity index (χ1n) is 6.98. The van der Waals surface area contributed by atoms with Crippen LogP contribution in [0.15, 0.2) is 0 Å². The van der Waals surface area contributed by atoms with E-state index >= 15 is 0 Å². The van der Waals surface area contributed by atoms with Gasteiger partial charge in [0.1, 0.15) is 6.23 Å². The van der Waals surface area contributed by atoms with Crippen LogP contribution in [0.5, 0.6) is 0 Å². The number of hydrogen-bond acceptors (Lipinski definition) is 3. The third-order valence-corrected chi connectivity index (χ3v) is 3.73. The van der Waals surface area contributed by atoms with Gasteiger partial charge in [-0.3, -0.25) is 5.32 Å². The number of likely N-dealkylation sites (tertiary alicyclic amines) is 1. The summed E-state index contributed by atoms with van der Waals surface area (Å²) in [6.07, 6.45) is 7.98. The second-order valence-corrected chi connectivity index (χ2v) is 5.14. The van der Waals surface area contributed by atoms with Crippen LogP contribution in [0.3, 0.4) is 0 Å². The van der Waals surface area contributed by atoms with Crippen molar-refractivity contribution in [2.75, 3.05) is 26.2 Å². The maximum atomic E-state index is 5.73. The third-order valence-electron chi connectivity index (χ3n) is 3.73. The van der Waals surface area contributed by atoms with E-state index in [1.54, 1.807) is 0 Å². The Morgan fingerprint density at radius 2 is 2.00 bits per heavy atom. The molecule has 1 N–H and O–H groups in total. The van der Waals surface area contributed by atoms with Crippen LogP contribution < -0.4 is 5.32 Å². The van der Waals surface area contributed by atoms with Crippen LogP contribution in [0.25, 0.3) is 0 Å². The van der Waals surface area contributed by atoms with E-state index in [2.05, 4.69) is 17.1 Å². The van der Waals surface area contributed by atoms with Crippen LogP contribution in [0, 0.1) is 0 Å². The van der Waals surface area contributed by atoms with Gasteiger partial charge in [-0.2, -0.15) is 0 Å². The molecule has 0 bridgehead atoms. The molecule has 16 heavy (non-hydrogen) atoms. The Morgan fingerprint density at radius 3 is 2.62 bits per heavy atom. The lowest BCUT2D eigenvalue weighted by molar-refractivity contribution is -0.0173. The second-order valence-electron chi connectivity index (χ2n) is 5.14. The molecule has 2 aliphatic rings. The first-order valence-corrected chi connectivity index (χ1v) is 6.98. The lowest BCUT2D eigenvalue weighted by atomic mass is 10.0. The van der Waals surface area contributed by atoms with Gasteiger partial charge in [-0.25, -0.2) is 0 Å². The Balaban J connectivity index is 1.64. The van der Waals surface area contributed by atoms with Crippen molar-refractivity contribution in [2.24, 2.45) is 0 Å². The highest BCUT2D eigenvalue weighted by molar-refractivity contribution is 4.78. The average Bonchev–Trinajstić information content (AvgIpc) is 2.33. The molecule has 1 atom stereocenters. The van der Waals surface area contributed by atoms with Gasteiger partial charge in [0.05, 0.1) is 0 Å². The molecule has 2 rings (SSSR count). The van der Waals surface area contributed by atoms with Crippen molar-refractivity contribution in [2.45, 2.75) is 57.7 Å². The van der Waals surface area contributed by atoms with Gasteiger partial charge in [-0.1, -0.05) is 6.92 Å². The van der Waals surface area contributed by atoms with Gasteiger partial charge in [-0.05, 0) is 58.2 Å². The predicted octanol–water partition coefficient (Wildman–Crippen LogP) is 1.98. The van der Waals surface area contributed by atoms with Crippen molar-refractivity contribution in [1.82, 2.24) is 10.2 Å². The summed E-state index contributed by atoms with van der Waals surface area (Å²) in [4.78, 5) is 2.58. The van der Waals surface area contributed by atoms with Gasteiger partial charge in [-0.15, -0.1) is 0 Å². The van der Waals surface area contributed by atoms with E-state index in [4.69, 9.17) is 4.74 Å². The summed E-state index contributed by atoms with van der Waals surface area (Å²) < 4.78 is 5.73. The van der Waals surface area contributed by atoms with Crippen molar-refractivity contribution in [3.05, 3.63) is 0 Å². The summed E-state index contributed by atoms with van der Waals surface area (Å²) in [6, 6.07) is 0.691. The standard InChI is InChI=1S/C13H26N2O/c1-2-8-15-9-6-12(7-10-15)14-13-5-3-4-11-16-13/h12-14H,2-11H2,1H3. The Hall–Kier alpha value is -0.120. The molecule has 3 heteroatoms. The van der Waals surface area contributed by atoms with Crippen molar-refractivity contribution in [3.63, 3.8) is 0 Å². The van der Waals surface area contributed by atoms with Crippen LogP contribution in [-0.4, -0.2) is 43.4 Å². The summed E-state index contributed by atoms with van der Waals surface area (Å²) in [5.41, 5.74) is 0. The van der Waals surface area contributed by atoms with Gasteiger partial charge in [0, 0.05) is 12.6 Å². The second kappa shape index (κ2) is 6.58. The van der Waals surface area contributed by atoms with Gasteiger partial charge in [0.15, 0.2) is 0 Å². The van der Waals surface area contributed by atoms with E-state index in [0.29, 0.717) is 12.3 Å². The number of nitrogens with zero attached hydrogens (tertiary/aromatic N) is 1. The van der Waals surface area contributed by atoms with Gasteiger partial charge >= 0.3 is 0 Å². The molecule has 0 radical (unpaired) electrons. The number of rotatable bonds is 4. The molecule has 2 fully saturated rings. The molecule has 0 saturated carbocycles. The Bertz CT molecular complexity index is 184. The number of nitrogens with one attached hydrogen (secondary N) is 1. The smallest absolute Gasteiger partial charge is 0.108 e.